The zero-order chi connectivity index (χ0) is 20.1. The van der Waals surface area contributed by atoms with Gasteiger partial charge in [-0.15, -0.1) is 6.58 Å². The van der Waals surface area contributed by atoms with Gasteiger partial charge in [0.05, 0.1) is 4.90 Å². The Morgan fingerprint density at radius 2 is 1.68 bits per heavy atom. The molecular weight excluding hydrogens is 370 g/mol. The van der Waals surface area contributed by atoms with Crippen LogP contribution >= 0.6 is 0 Å². The Morgan fingerprint density at radius 1 is 1.00 bits per heavy atom. The number of carbonyl (C=O) groups is 1. The lowest BCUT2D eigenvalue weighted by atomic mass is 10.00. The molecule has 1 amide bonds. The molecule has 3 aromatic rings. The molecule has 0 aliphatic heterocycles. The van der Waals surface area contributed by atoms with Crippen LogP contribution in [0.1, 0.15) is 17.5 Å². The normalized spacial score (nSPS) is 12.0. The maximum absolute atomic E-state index is 12.8. The lowest BCUT2D eigenvalue weighted by molar-refractivity contribution is -0.114. The molecule has 0 saturated heterocycles. The summed E-state index contributed by atoms with van der Waals surface area (Å²) < 4.78 is 27.4. The van der Waals surface area contributed by atoms with E-state index in [1.165, 1.54) is 12.1 Å². The number of carbonyl (C=O) groups excluding carboxylic acids is 1. The molecule has 142 valence electrons. The van der Waals surface area contributed by atoms with Crippen molar-refractivity contribution in [3.63, 3.8) is 0 Å². The molecule has 0 radical (unpaired) electrons. The van der Waals surface area contributed by atoms with Gasteiger partial charge in [0.1, 0.15) is 0 Å². The highest BCUT2D eigenvalue weighted by molar-refractivity contribution is 7.90. The Hall–Kier alpha value is -3.18. The van der Waals surface area contributed by atoms with Gasteiger partial charge in [0, 0.05) is 5.57 Å². The van der Waals surface area contributed by atoms with Crippen LogP contribution in [0.3, 0.4) is 0 Å². The van der Waals surface area contributed by atoms with E-state index < -0.39 is 15.9 Å². The second-order valence-electron chi connectivity index (χ2n) is 6.45. The van der Waals surface area contributed by atoms with Crippen molar-refractivity contribution in [2.75, 3.05) is 0 Å². The molecule has 0 spiro atoms. The second kappa shape index (κ2) is 8.23. The molecule has 0 bridgehead atoms. The van der Waals surface area contributed by atoms with E-state index in [0.29, 0.717) is 17.6 Å². The van der Waals surface area contributed by atoms with Crippen molar-refractivity contribution in [3.05, 3.63) is 96.6 Å². The van der Waals surface area contributed by atoms with Gasteiger partial charge in [0.15, 0.2) is 0 Å². The number of fused-ring (bicyclic) bond motifs is 1. The topological polar surface area (TPSA) is 63.2 Å². The van der Waals surface area contributed by atoms with Gasteiger partial charge in [-0.05, 0) is 47.9 Å². The van der Waals surface area contributed by atoms with E-state index in [9.17, 15) is 13.2 Å². The highest BCUT2D eigenvalue weighted by Gasteiger charge is 2.21. The fourth-order valence-corrected chi connectivity index (χ4v) is 3.82. The van der Waals surface area contributed by atoms with Gasteiger partial charge >= 0.3 is 0 Å². The fraction of sp³-hybridized carbons (Fsp3) is 0.0870. The van der Waals surface area contributed by atoms with Crippen LogP contribution in [0, 0.1) is 6.92 Å². The van der Waals surface area contributed by atoms with Crippen LogP contribution in [0.25, 0.3) is 16.3 Å². The number of allylic oxidation sites excluding steroid dienone is 2. The predicted octanol–water partition coefficient (Wildman–Crippen LogP) is 4.61. The smallest absolute Gasteiger partial charge is 0.265 e. The fourth-order valence-electron chi connectivity index (χ4n) is 2.85. The van der Waals surface area contributed by atoms with Crippen LogP contribution in [-0.2, 0) is 14.8 Å². The molecule has 3 aromatic carbocycles. The standard InChI is InChI=1S/C23H21NO3S/c1-3-4-9-22(20-13-12-18-7-5-6-8-19(18)16-20)23(25)24-28(26,27)21-14-10-17(2)11-15-21/h3,5-16H,1,4H2,2H3,(H,24,25)/b22-9-. The van der Waals surface area contributed by atoms with E-state index in [-0.39, 0.29) is 4.90 Å². The minimum Gasteiger partial charge on any atom is -0.268 e. The highest BCUT2D eigenvalue weighted by atomic mass is 32.2. The molecule has 0 unspecified atom stereocenters. The predicted molar refractivity (Wildman–Crippen MR) is 113 cm³/mol. The molecule has 0 aliphatic rings. The summed E-state index contributed by atoms with van der Waals surface area (Å²) in [6.07, 6.45) is 3.78. The summed E-state index contributed by atoms with van der Waals surface area (Å²) >= 11 is 0. The summed E-state index contributed by atoms with van der Waals surface area (Å²) in [6.45, 7) is 5.54. The third-order valence-corrected chi connectivity index (χ3v) is 5.70. The number of nitrogens with one attached hydrogen (secondary N) is 1. The number of hydrogen-bond acceptors (Lipinski definition) is 3. The van der Waals surface area contributed by atoms with Crippen LogP contribution in [0.2, 0.25) is 0 Å². The Kier molecular flexibility index (Phi) is 5.76. The second-order valence-corrected chi connectivity index (χ2v) is 8.13. The zero-order valence-corrected chi connectivity index (χ0v) is 16.4. The van der Waals surface area contributed by atoms with E-state index in [2.05, 4.69) is 11.3 Å². The van der Waals surface area contributed by atoms with E-state index in [4.69, 9.17) is 0 Å². The van der Waals surface area contributed by atoms with Crippen LogP contribution in [0.4, 0.5) is 0 Å². The Bertz CT molecular complexity index is 1160. The first-order chi connectivity index (χ1) is 13.4. The minimum atomic E-state index is -3.96. The number of amides is 1. The van der Waals surface area contributed by atoms with Gasteiger partial charge in [-0.25, -0.2) is 13.1 Å². The van der Waals surface area contributed by atoms with Crippen molar-refractivity contribution in [1.29, 1.82) is 0 Å². The van der Waals surface area contributed by atoms with Crippen molar-refractivity contribution in [3.8, 4) is 0 Å². The molecule has 3 rings (SSSR count). The van der Waals surface area contributed by atoms with E-state index >= 15 is 0 Å². The van der Waals surface area contributed by atoms with Crippen LogP contribution < -0.4 is 4.72 Å². The molecule has 1 N–H and O–H groups in total. The van der Waals surface area contributed by atoms with Crippen molar-refractivity contribution >= 4 is 32.3 Å². The van der Waals surface area contributed by atoms with Gasteiger partial charge in [0.2, 0.25) is 0 Å². The third kappa shape index (κ3) is 4.38. The Balaban J connectivity index is 1.95. The SMILES string of the molecule is C=CC/C=C(\C(=O)NS(=O)(=O)c1ccc(C)cc1)c1ccc2ccccc2c1. The zero-order valence-electron chi connectivity index (χ0n) is 15.6. The maximum Gasteiger partial charge on any atom is 0.265 e. The summed E-state index contributed by atoms with van der Waals surface area (Å²) in [5.41, 5.74) is 1.88. The van der Waals surface area contributed by atoms with Gasteiger partial charge in [-0.2, -0.15) is 0 Å². The number of hydrogen-bond donors (Lipinski definition) is 1. The van der Waals surface area contributed by atoms with E-state index in [1.807, 2.05) is 49.4 Å². The lowest BCUT2D eigenvalue weighted by Crippen LogP contribution is -2.31. The molecule has 0 aromatic heterocycles. The minimum absolute atomic E-state index is 0.0491. The number of sulfonamides is 1. The molecule has 0 fully saturated rings. The van der Waals surface area contributed by atoms with Crippen molar-refractivity contribution in [1.82, 2.24) is 4.72 Å². The third-order valence-electron chi connectivity index (χ3n) is 4.35. The largest absolute Gasteiger partial charge is 0.268 e. The van der Waals surface area contributed by atoms with Crippen LogP contribution in [0.5, 0.6) is 0 Å². The van der Waals surface area contributed by atoms with Crippen LogP contribution in [-0.4, -0.2) is 14.3 Å². The van der Waals surface area contributed by atoms with Gasteiger partial charge < -0.3 is 0 Å². The number of aryl methyl sites for hydroxylation is 1. The van der Waals surface area contributed by atoms with Crippen molar-refractivity contribution < 1.29 is 13.2 Å². The van der Waals surface area contributed by atoms with Crippen LogP contribution in [0.15, 0.2) is 90.4 Å². The molecule has 4 nitrogen and oxygen atoms in total. The van der Waals surface area contributed by atoms with E-state index in [1.54, 1.807) is 24.3 Å². The molecular formula is C23H21NO3S. The number of rotatable bonds is 6. The summed E-state index contributed by atoms with van der Waals surface area (Å²) in [7, 11) is -3.96. The Labute approximate surface area is 165 Å². The Morgan fingerprint density at radius 3 is 2.36 bits per heavy atom. The summed E-state index contributed by atoms with van der Waals surface area (Å²) in [4.78, 5) is 12.9. The lowest BCUT2D eigenvalue weighted by Gasteiger charge is -2.11. The monoisotopic (exact) mass is 391 g/mol. The molecule has 28 heavy (non-hydrogen) atoms. The summed E-state index contributed by atoms with van der Waals surface area (Å²) in [6, 6.07) is 19.7. The molecule has 0 aliphatic carbocycles. The van der Waals surface area contributed by atoms with Gasteiger partial charge in [0.25, 0.3) is 15.9 Å². The van der Waals surface area contributed by atoms with Crippen molar-refractivity contribution in [2.24, 2.45) is 0 Å². The number of benzene rings is 3. The molecule has 0 heterocycles. The maximum atomic E-state index is 12.8. The first-order valence-corrected chi connectivity index (χ1v) is 10.3. The first-order valence-electron chi connectivity index (χ1n) is 8.85. The van der Waals surface area contributed by atoms with Gasteiger partial charge in [-0.3, -0.25) is 4.79 Å². The quantitative estimate of drug-likeness (QED) is 0.493. The first kappa shape index (κ1) is 19.6. The van der Waals surface area contributed by atoms with E-state index in [0.717, 1.165) is 16.3 Å². The summed E-state index contributed by atoms with van der Waals surface area (Å²) in [5, 5.41) is 2.01. The summed E-state index contributed by atoms with van der Waals surface area (Å²) in [5.74, 6) is -0.669. The average molecular weight is 391 g/mol. The average Bonchev–Trinajstić information content (AvgIpc) is 2.68. The van der Waals surface area contributed by atoms with Gasteiger partial charge in [-0.1, -0.05) is 66.2 Å². The van der Waals surface area contributed by atoms with Crippen molar-refractivity contribution in [2.45, 2.75) is 18.2 Å². The molecule has 0 saturated carbocycles. The molecule has 5 heteroatoms. The molecule has 0 atom stereocenters. The highest BCUT2D eigenvalue weighted by Crippen LogP contribution is 2.23.